The highest BCUT2D eigenvalue weighted by Crippen LogP contribution is 2.30. The van der Waals surface area contributed by atoms with Crippen LogP contribution in [0.2, 0.25) is 10.0 Å². The second-order valence-electron chi connectivity index (χ2n) is 6.12. The van der Waals surface area contributed by atoms with E-state index in [0.717, 1.165) is 6.42 Å². The minimum absolute atomic E-state index is 0.0237. The van der Waals surface area contributed by atoms with Crippen LogP contribution in [-0.2, 0) is 19.6 Å². The van der Waals surface area contributed by atoms with Gasteiger partial charge in [-0.25, -0.2) is 8.42 Å². The first-order valence-corrected chi connectivity index (χ1v) is 10.9. The van der Waals surface area contributed by atoms with Gasteiger partial charge in [-0.2, -0.15) is 4.31 Å². The molecule has 2 rings (SSSR count). The van der Waals surface area contributed by atoms with Crippen LogP contribution in [0.4, 0.5) is 0 Å². The van der Waals surface area contributed by atoms with Crippen molar-refractivity contribution < 1.29 is 17.9 Å². The van der Waals surface area contributed by atoms with Crippen LogP contribution in [0.15, 0.2) is 23.1 Å². The molecule has 1 aromatic rings. The van der Waals surface area contributed by atoms with E-state index in [4.69, 9.17) is 27.9 Å². The summed E-state index contributed by atoms with van der Waals surface area (Å²) < 4.78 is 32.3. The van der Waals surface area contributed by atoms with Crippen molar-refractivity contribution in [2.24, 2.45) is 5.92 Å². The van der Waals surface area contributed by atoms with E-state index in [9.17, 15) is 13.2 Å². The van der Waals surface area contributed by atoms with Gasteiger partial charge in [0.05, 0.1) is 10.9 Å². The Kier molecular flexibility index (Phi) is 8.16. The van der Waals surface area contributed by atoms with Crippen molar-refractivity contribution in [2.75, 3.05) is 32.8 Å². The van der Waals surface area contributed by atoms with Crippen molar-refractivity contribution in [2.45, 2.75) is 31.1 Å². The van der Waals surface area contributed by atoms with Crippen LogP contribution in [0.1, 0.15) is 26.2 Å². The third-order valence-electron chi connectivity index (χ3n) is 4.23. The molecule has 1 N–H and O–H groups in total. The molecular weight excluding hydrogens is 399 g/mol. The first-order chi connectivity index (χ1) is 12.4. The number of nitrogens with zero attached hydrogens (tertiary/aromatic N) is 1. The molecule has 0 aromatic heterocycles. The summed E-state index contributed by atoms with van der Waals surface area (Å²) in [4.78, 5) is 12.3. The number of halogens is 2. The summed E-state index contributed by atoms with van der Waals surface area (Å²) in [6, 6.07) is 4.34. The predicted octanol–water partition coefficient (Wildman–Crippen LogP) is 2.94. The van der Waals surface area contributed by atoms with Gasteiger partial charge in [0.25, 0.3) is 0 Å². The van der Waals surface area contributed by atoms with E-state index in [1.807, 2.05) is 6.92 Å². The summed E-state index contributed by atoms with van der Waals surface area (Å²) >= 11 is 12.0. The van der Waals surface area contributed by atoms with E-state index in [0.29, 0.717) is 44.2 Å². The lowest BCUT2D eigenvalue weighted by atomic mass is 9.99. The fourth-order valence-corrected chi connectivity index (χ4v) is 5.12. The lowest BCUT2D eigenvalue weighted by Crippen LogP contribution is -2.45. The van der Waals surface area contributed by atoms with Crippen molar-refractivity contribution in [1.29, 1.82) is 0 Å². The first-order valence-electron chi connectivity index (χ1n) is 8.67. The van der Waals surface area contributed by atoms with E-state index in [2.05, 4.69) is 5.32 Å². The molecule has 1 aromatic carbocycles. The van der Waals surface area contributed by atoms with Crippen molar-refractivity contribution in [3.8, 4) is 0 Å². The second kappa shape index (κ2) is 9.90. The molecule has 26 heavy (non-hydrogen) atoms. The third-order valence-corrected chi connectivity index (χ3v) is 6.82. The summed E-state index contributed by atoms with van der Waals surface area (Å²) in [6.45, 7) is 4.18. The van der Waals surface area contributed by atoms with Crippen molar-refractivity contribution in [3.05, 3.63) is 28.2 Å². The number of hydrogen-bond donors (Lipinski definition) is 1. The van der Waals surface area contributed by atoms with Gasteiger partial charge in [-0.3, -0.25) is 4.79 Å². The summed E-state index contributed by atoms with van der Waals surface area (Å²) in [7, 11) is -3.80. The van der Waals surface area contributed by atoms with Crippen molar-refractivity contribution >= 4 is 39.1 Å². The van der Waals surface area contributed by atoms with Crippen LogP contribution >= 0.6 is 23.2 Å². The average Bonchev–Trinajstić information content (AvgIpc) is 2.63. The van der Waals surface area contributed by atoms with Crippen LogP contribution in [0, 0.1) is 5.92 Å². The maximum atomic E-state index is 12.9. The molecule has 0 aliphatic carbocycles. The molecule has 1 aliphatic heterocycles. The normalized spacial score (nSPS) is 18.7. The van der Waals surface area contributed by atoms with E-state index in [-0.39, 0.29) is 28.3 Å². The molecule has 0 saturated carbocycles. The quantitative estimate of drug-likeness (QED) is 0.653. The lowest BCUT2D eigenvalue weighted by molar-refractivity contribution is -0.126. The Morgan fingerprint density at radius 3 is 2.88 bits per heavy atom. The molecule has 0 unspecified atom stereocenters. The van der Waals surface area contributed by atoms with Crippen molar-refractivity contribution in [1.82, 2.24) is 9.62 Å². The number of hydrogen-bond acceptors (Lipinski definition) is 4. The summed E-state index contributed by atoms with van der Waals surface area (Å²) in [6.07, 6.45) is 2.01. The topological polar surface area (TPSA) is 75.7 Å². The fraction of sp³-hybridized carbons (Fsp3) is 0.588. The maximum Gasteiger partial charge on any atom is 0.244 e. The molecule has 0 bridgehead atoms. The molecule has 0 radical (unpaired) electrons. The zero-order valence-corrected chi connectivity index (χ0v) is 17.0. The monoisotopic (exact) mass is 422 g/mol. The minimum atomic E-state index is -3.80. The Morgan fingerprint density at radius 1 is 1.38 bits per heavy atom. The zero-order chi connectivity index (χ0) is 19.2. The summed E-state index contributed by atoms with van der Waals surface area (Å²) in [5.41, 5.74) is 0. The van der Waals surface area contributed by atoms with Crippen LogP contribution < -0.4 is 5.32 Å². The summed E-state index contributed by atoms with van der Waals surface area (Å²) in [5, 5.41) is 3.28. The molecule has 9 heteroatoms. The molecule has 1 heterocycles. The molecule has 1 saturated heterocycles. The van der Waals surface area contributed by atoms with Crippen LogP contribution in [0.5, 0.6) is 0 Å². The number of sulfonamides is 1. The van der Waals surface area contributed by atoms with Gasteiger partial charge in [-0.1, -0.05) is 23.2 Å². The lowest BCUT2D eigenvalue weighted by Gasteiger charge is -2.31. The van der Waals surface area contributed by atoms with Crippen LogP contribution in [-0.4, -0.2) is 51.5 Å². The van der Waals surface area contributed by atoms with Crippen LogP contribution in [0.25, 0.3) is 0 Å². The number of carbonyl (C=O) groups is 1. The molecule has 1 amide bonds. The molecule has 1 fully saturated rings. The third kappa shape index (κ3) is 5.57. The summed E-state index contributed by atoms with van der Waals surface area (Å²) in [5.74, 6) is -0.498. The van der Waals surface area contributed by atoms with E-state index in [1.54, 1.807) is 0 Å². The van der Waals surface area contributed by atoms with E-state index < -0.39 is 10.0 Å². The number of nitrogens with one attached hydrogen (secondary N) is 1. The highest BCUT2D eigenvalue weighted by molar-refractivity contribution is 7.89. The Labute approximate surface area is 164 Å². The molecule has 0 spiro atoms. The largest absolute Gasteiger partial charge is 0.382 e. The molecule has 1 atom stereocenters. The molecule has 1 aliphatic rings. The van der Waals surface area contributed by atoms with Gasteiger partial charge in [0.2, 0.25) is 15.9 Å². The zero-order valence-electron chi connectivity index (χ0n) is 14.7. The van der Waals surface area contributed by atoms with Gasteiger partial charge in [0, 0.05) is 37.9 Å². The molecule has 6 nitrogen and oxygen atoms in total. The number of ether oxygens (including phenoxy) is 1. The fourth-order valence-electron chi connectivity index (χ4n) is 2.86. The highest BCUT2D eigenvalue weighted by atomic mass is 35.5. The van der Waals surface area contributed by atoms with Crippen molar-refractivity contribution in [3.63, 3.8) is 0 Å². The van der Waals surface area contributed by atoms with Gasteiger partial charge in [0.1, 0.15) is 4.90 Å². The van der Waals surface area contributed by atoms with Gasteiger partial charge in [0.15, 0.2) is 0 Å². The number of piperidine rings is 1. The first kappa shape index (κ1) is 21.4. The Bertz CT molecular complexity index is 727. The van der Waals surface area contributed by atoms with Gasteiger partial charge >= 0.3 is 0 Å². The second-order valence-corrected chi connectivity index (χ2v) is 8.87. The maximum absolute atomic E-state index is 12.9. The average molecular weight is 423 g/mol. The Balaban J connectivity index is 2.00. The molecular formula is C17H24Cl2N2O4S. The van der Waals surface area contributed by atoms with Gasteiger partial charge in [-0.15, -0.1) is 0 Å². The minimum Gasteiger partial charge on any atom is -0.382 e. The predicted molar refractivity (Wildman–Crippen MR) is 102 cm³/mol. The van der Waals surface area contributed by atoms with Crippen LogP contribution in [0.3, 0.4) is 0 Å². The standard InChI is InChI=1S/C17H24Cl2N2O4S/c1-2-25-10-4-8-20-17(22)13-5-3-9-21(12-13)26(23,24)16-11-14(18)6-7-15(16)19/h6-7,11,13H,2-5,8-10,12H2,1H3,(H,20,22)/t13-/m1/s1. The van der Waals surface area contributed by atoms with Gasteiger partial charge in [-0.05, 0) is 44.4 Å². The number of carbonyl (C=O) groups excluding carboxylic acids is 1. The highest BCUT2D eigenvalue weighted by Gasteiger charge is 2.34. The number of rotatable bonds is 8. The van der Waals surface area contributed by atoms with E-state index in [1.165, 1.54) is 22.5 Å². The Morgan fingerprint density at radius 2 is 2.15 bits per heavy atom. The van der Waals surface area contributed by atoms with Gasteiger partial charge < -0.3 is 10.1 Å². The molecule has 146 valence electrons. The number of benzene rings is 1. The Hall–Kier alpha value is -0.860. The van der Waals surface area contributed by atoms with E-state index >= 15 is 0 Å². The number of amides is 1. The SMILES string of the molecule is CCOCCCNC(=O)[C@@H]1CCCN(S(=O)(=O)c2cc(Cl)ccc2Cl)C1. The smallest absolute Gasteiger partial charge is 0.244 e.